The zero-order chi connectivity index (χ0) is 14.4. The number of benzene rings is 1. The van der Waals surface area contributed by atoms with E-state index in [4.69, 9.17) is 0 Å². The van der Waals surface area contributed by atoms with Crippen LogP contribution in [0.1, 0.15) is 31.7 Å². The van der Waals surface area contributed by atoms with E-state index in [1.807, 2.05) is 25.1 Å². The van der Waals surface area contributed by atoms with Gasteiger partial charge in [0.1, 0.15) is 0 Å². The predicted octanol–water partition coefficient (Wildman–Crippen LogP) is 2.53. The molecule has 1 aromatic rings. The van der Waals surface area contributed by atoms with E-state index in [9.17, 15) is 9.59 Å². The molecular weight excluding hydrogens is 272 g/mol. The minimum Gasteiger partial charge on any atom is -0.305 e. The van der Waals surface area contributed by atoms with Gasteiger partial charge in [-0.1, -0.05) is 30.3 Å². The maximum Gasteiger partial charge on any atom is 0.228 e. The Hall–Kier alpha value is -1.62. The lowest BCUT2D eigenvalue weighted by atomic mass is 10.1. The van der Waals surface area contributed by atoms with Gasteiger partial charge in [-0.2, -0.15) is 0 Å². The highest BCUT2D eigenvalue weighted by molar-refractivity contribution is 8.26. The van der Waals surface area contributed by atoms with Crippen molar-refractivity contribution in [3.8, 4) is 0 Å². The van der Waals surface area contributed by atoms with Gasteiger partial charge in [0.25, 0.3) is 0 Å². The Morgan fingerprint density at radius 3 is 2.85 bits per heavy atom. The first-order valence-electron chi connectivity index (χ1n) is 6.76. The summed E-state index contributed by atoms with van der Waals surface area (Å²) in [6.07, 6.45) is 2.59. The van der Waals surface area contributed by atoms with Crippen LogP contribution in [0.3, 0.4) is 0 Å². The van der Waals surface area contributed by atoms with Gasteiger partial charge in [0.2, 0.25) is 5.91 Å². The smallest absolute Gasteiger partial charge is 0.228 e. The van der Waals surface area contributed by atoms with E-state index in [1.54, 1.807) is 0 Å². The van der Waals surface area contributed by atoms with E-state index in [1.165, 1.54) is 5.56 Å². The molecule has 0 saturated carbocycles. The SMILES string of the molecule is C[C@@H]1CC(=O)NC(SC(=O)CCCc2ccccc2)=N1. The van der Waals surface area contributed by atoms with Crippen molar-refractivity contribution in [2.24, 2.45) is 4.99 Å². The molecule has 1 aromatic carbocycles. The summed E-state index contributed by atoms with van der Waals surface area (Å²) in [5, 5.41) is 3.13. The number of carbonyl (C=O) groups is 2. The van der Waals surface area contributed by atoms with Crippen molar-refractivity contribution >= 4 is 28.0 Å². The second-order valence-electron chi connectivity index (χ2n) is 4.85. The third-order valence-corrected chi connectivity index (χ3v) is 3.80. The van der Waals surface area contributed by atoms with Crippen LogP contribution in [0.2, 0.25) is 0 Å². The highest BCUT2D eigenvalue weighted by Crippen LogP contribution is 2.15. The summed E-state index contributed by atoms with van der Waals surface area (Å²) in [7, 11) is 0. The van der Waals surface area contributed by atoms with Gasteiger partial charge < -0.3 is 5.32 Å². The number of aryl methyl sites for hydroxylation is 1. The van der Waals surface area contributed by atoms with E-state index >= 15 is 0 Å². The van der Waals surface area contributed by atoms with E-state index in [0.29, 0.717) is 18.0 Å². The molecule has 0 aliphatic carbocycles. The van der Waals surface area contributed by atoms with Crippen molar-refractivity contribution in [3.05, 3.63) is 35.9 Å². The molecule has 1 amide bonds. The second kappa shape index (κ2) is 7.24. The molecule has 0 saturated heterocycles. The molecule has 2 rings (SSSR count). The van der Waals surface area contributed by atoms with Crippen LogP contribution in [0.15, 0.2) is 35.3 Å². The molecule has 0 spiro atoms. The minimum absolute atomic E-state index is 0.0385. The zero-order valence-electron chi connectivity index (χ0n) is 11.5. The number of rotatable bonds is 4. The van der Waals surface area contributed by atoms with Gasteiger partial charge in [-0.15, -0.1) is 0 Å². The Kier molecular flexibility index (Phi) is 5.35. The topological polar surface area (TPSA) is 58.5 Å². The van der Waals surface area contributed by atoms with Crippen LogP contribution < -0.4 is 5.32 Å². The van der Waals surface area contributed by atoms with Crippen LogP contribution in [-0.4, -0.2) is 22.2 Å². The summed E-state index contributed by atoms with van der Waals surface area (Å²) >= 11 is 1.04. The Balaban J connectivity index is 1.74. The summed E-state index contributed by atoms with van der Waals surface area (Å²) in [4.78, 5) is 27.5. The molecule has 20 heavy (non-hydrogen) atoms. The average Bonchev–Trinajstić information content (AvgIpc) is 2.38. The number of hydrogen-bond acceptors (Lipinski definition) is 4. The first kappa shape index (κ1) is 14.8. The molecule has 1 N–H and O–H groups in total. The highest BCUT2D eigenvalue weighted by Gasteiger charge is 2.19. The van der Waals surface area contributed by atoms with Crippen molar-refractivity contribution in [1.82, 2.24) is 5.32 Å². The van der Waals surface area contributed by atoms with Crippen molar-refractivity contribution in [2.45, 2.75) is 38.6 Å². The van der Waals surface area contributed by atoms with Gasteiger partial charge in [-0.25, -0.2) is 0 Å². The normalized spacial score (nSPS) is 18.4. The molecule has 0 bridgehead atoms. The minimum atomic E-state index is -0.0629. The van der Waals surface area contributed by atoms with E-state index in [-0.39, 0.29) is 17.1 Å². The van der Waals surface area contributed by atoms with Crippen molar-refractivity contribution < 1.29 is 9.59 Å². The number of carbonyl (C=O) groups excluding carboxylic acids is 2. The van der Waals surface area contributed by atoms with Crippen LogP contribution in [0.4, 0.5) is 0 Å². The molecule has 1 aliphatic rings. The fourth-order valence-electron chi connectivity index (χ4n) is 2.01. The summed E-state index contributed by atoms with van der Waals surface area (Å²) in [5.74, 6) is -0.0629. The number of nitrogens with zero attached hydrogens (tertiary/aromatic N) is 1. The lowest BCUT2D eigenvalue weighted by molar-refractivity contribution is -0.120. The van der Waals surface area contributed by atoms with Gasteiger partial charge in [-0.05, 0) is 37.1 Å². The fraction of sp³-hybridized carbons (Fsp3) is 0.400. The number of amides is 1. The number of aliphatic imine (C=N–C) groups is 1. The average molecular weight is 290 g/mol. The van der Waals surface area contributed by atoms with Gasteiger partial charge in [0, 0.05) is 12.8 Å². The molecule has 0 aromatic heterocycles. The molecule has 1 heterocycles. The van der Waals surface area contributed by atoms with Gasteiger partial charge in [0.15, 0.2) is 10.3 Å². The molecule has 0 radical (unpaired) electrons. The lowest BCUT2D eigenvalue weighted by Crippen LogP contribution is -2.36. The van der Waals surface area contributed by atoms with Gasteiger partial charge in [0.05, 0.1) is 6.04 Å². The summed E-state index contributed by atoms with van der Waals surface area (Å²) in [6.45, 7) is 1.87. The van der Waals surface area contributed by atoms with Crippen LogP contribution in [0.25, 0.3) is 0 Å². The molecule has 1 atom stereocenters. The molecule has 106 valence electrons. The Bertz CT molecular complexity index is 514. The number of thioether (sulfide) groups is 1. The maximum atomic E-state index is 11.8. The van der Waals surface area contributed by atoms with Crippen LogP contribution in [0.5, 0.6) is 0 Å². The van der Waals surface area contributed by atoms with Gasteiger partial charge >= 0.3 is 0 Å². The molecular formula is C15H18N2O2S. The summed E-state index contributed by atoms with van der Waals surface area (Å²) in [5.41, 5.74) is 1.24. The highest BCUT2D eigenvalue weighted by atomic mass is 32.2. The number of amidine groups is 1. The first-order chi connectivity index (χ1) is 9.63. The van der Waals surface area contributed by atoms with Crippen molar-refractivity contribution in [2.75, 3.05) is 0 Å². The molecule has 0 fully saturated rings. The quantitative estimate of drug-likeness (QED) is 0.927. The van der Waals surface area contributed by atoms with Crippen LogP contribution in [-0.2, 0) is 16.0 Å². The standard InChI is InChI=1S/C15H18N2O2S/c1-11-10-13(18)17-15(16-11)20-14(19)9-5-8-12-6-3-2-4-7-12/h2-4,6-7,11H,5,8-10H2,1H3,(H,16,17,18)/t11-/m1/s1. The molecule has 0 unspecified atom stereocenters. The molecule has 5 heteroatoms. The Labute approximate surface area is 123 Å². The Morgan fingerprint density at radius 1 is 1.40 bits per heavy atom. The molecule has 1 aliphatic heterocycles. The van der Waals surface area contributed by atoms with Gasteiger partial charge in [-0.3, -0.25) is 14.6 Å². The maximum absolute atomic E-state index is 11.8. The van der Waals surface area contributed by atoms with Crippen LogP contribution >= 0.6 is 11.8 Å². The van der Waals surface area contributed by atoms with Crippen molar-refractivity contribution in [3.63, 3.8) is 0 Å². The number of nitrogens with one attached hydrogen (secondary N) is 1. The predicted molar refractivity (Wildman–Crippen MR) is 81.6 cm³/mol. The lowest BCUT2D eigenvalue weighted by Gasteiger charge is -2.16. The fourth-order valence-corrected chi connectivity index (χ4v) is 2.87. The number of hydrogen-bond donors (Lipinski definition) is 1. The van der Waals surface area contributed by atoms with E-state index in [0.717, 1.165) is 24.6 Å². The monoisotopic (exact) mass is 290 g/mol. The Morgan fingerprint density at radius 2 is 2.15 bits per heavy atom. The van der Waals surface area contributed by atoms with E-state index in [2.05, 4.69) is 22.4 Å². The first-order valence-corrected chi connectivity index (χ1v) is 7.57. The zero-order valence-corrected chi connectivity index (χ0v) is 12.3. The van der Waals surface area contributed by atoms with E-state index < -0.39 is 0 Å². The third-order valence-electron chi connectivity index (χ3n) is 2.96. The molecule has 4 nitrogen and oxygen atoms in total. The third kappa shape index (κ3) is 4.81. The summed E-state index contributed by atoms with van der Waals surface area (Å²) < 4.78 is 0. The second-order valence-corrected chi connectivity index (χ2v) is 5.89. The van der Waals surface area contributed by atoms with Crippen LogP contribution in [0, 0.1) is 0 Å². The summed E-state index contributed by atoms with van der Waals surface area (Å²) in [6, 6.07) is 10.1. The largest absolute Gasteiger partial charge is 0.305 e. The van der Waals surface area contributed by atoms with Crippen molar-refractivity contribution in [1.29, 1.82) is 0 Å².